The number of rotatable bonds is 6. The minimum atomic E-state index is 0.196. The normalized spacial score (nSPS) is 25.0. The summed E-state index contributed by atoms with van der Waals surface area (Å²) in [6.07, 6.45) is 10.3. The summed E-state index contributed by atoms with van der Waals surface area (Å²) in [7, 11) is 0. The van der Waals surface area contributed by atoms with Gasteiger partial charge in [-0.15, -0.1) is 0 Å². The highest BCUT2D eigenvalue weighted by molar-refractivity contribution is 5.76. The lowest BCUT2D eigenvalue weighted by molar-refractivity contribution is -0.122. The molecule has 1 aromatic carbocycles. The molecule has 2 saturated heterocycles. The van der Waals surface area contributed by atoms with Crippen LogP contribution in [0.4, 0.5) is 0 Å². The van der Waals surface area contributed by atoms with Crippen molar-refractivity contribution in [2.45, 2.75) is 50.6 Å². The Hall–Kier alpha value is -2.14. The Morgan fingerprint density at radius 2 is 1.96 bits per heavy atom. The highest BCUT2D eigenvalue weighted by Crippen LogP contribution is 2.32. The molecule has 2 aromatic rings. The summed E-state index contributed by atoms with van der Waals surface area (Å²) in [5, 5.41) is 11.1. The predicted molar refractivity (Wildman–Crippen MR) is 97.6 cm³/mol. The van der Waals surface area contributed by atoms with Crippen LogP contribution in [-0.4, -0.2) is 34.3 Å². The van der Waals surface area contributed by atoms with E-state index in [1.807, 2.05) is 47.4 Å². The summed E-state index contributed by atoms with van der Waals surface area (Å²) in [6, 6.07) is 11.4. The zero-order valence-electron chi connectivity index (χ0n) is 14.5. The van der Waals surface area contributed by atoms with Crippen molar-refractivity contribution in [1.29, 1.82) is 0 Å². The van der Waals surface area contributed by atoms with E-state index in [2.05, 4.69) is 15.7 Å². The Bertz CT molecular complexity index is 699. The Labute approximate surface area is 148 Å². The van der Waals surface area contributed by atoms with Gasteiger partial charge in [0.2, 0.25) is 5.91 Å². The number of para-hydroxylation sites is 1. The van der Waals surface area contributed by atoms with Crippen LogP contribution in [-0.2, 0) is 11.2 Å². The number of hydrogen-bond acceptors (Lipinski definition) is 3. The Balaban J connectivity index is 1.21. The molecule has 0 saturated carbocycles. The molecule has 0 spiro atoms. The van der Waals surface area contributed by atoms with Gasteiger partial charge in [0.15, 0.2) is 0 Å². The van der Waals surface area contributed by atoms with Crippen molar-refractivity contribution in [3.8, 4) is 5.69 Å². The molecule has 2 atom stereocenters. The van der Waals surface area contributed by atoms with Gasteiger partial charge in [0.05, 0.1) is 11.9 Å². The van der Waals surface area contributed by atoms with Crippen molar-refractivity contribution in [1.82, 2.24) is 20.4 Å². The number of aromatic nitrogens is 2. The number of carbonyl (C=O) groups is 1. The third kappa shape index (κ3) is 4.10. The number of fused-ring (bicyclic) bond motifs is 2. The first kappa shape index (κ1) is 16.3. The van der Waals surface area contributed by atoms with Crippen molar-refractivity contribution >= 4 is 5.91 Å². The van der Waals surface area contributed by atoms with Crippen molar-refractivity contribution < 1.29 is 4.79 Å². The van der Waals surface area contributed by atoms with Crippen LogP contribution in [0.15, 0.2) is 42.7 Å². The summed E-state index contributed by atoms with van der Waals surface area (Å²) in [6.45, 7) is 0.678. The maximum Gasteiger partial charge on any atom is 0.220 e. The fraction of sp³-hybridized carbons (Fsp3) is 0.500. The average molecular weight is 338 g/mol. The van der Waals surface area contributed by atoms with E-state index in [9.17, 15) is 4.79 Å². The average Bonchev–Trinajstić information content (AvgIpc) is 3.22. The molecule has 1 aromatic heterocycles. The van der Waals surface area contributed by atoms with Gasteiger partial charge in [0.25, 0.3) is 0 Å². The van der Waals surface area contributed by atoms with E-state index >= 15 is 0 Å². The molecule has 0 aliphatic carbocycles. The molecule has 132 valence electrons. The number of nitrogens with zero attached hydrogens (tertiary/aromatic N) is 2. The molecule has 2 aliphatic rings. The molecule has 3 heterocycles. The molecule has 2 fully saturated rings. The number of amides is 1. The number of piperidine rings is 1. The van der Waals surface area contributed by atoms with Crippen LogP contribution in [0.25, 0.3) is 5.69 Å². The van der Waals surface area contributed by atoms with Gasteiger partial charge in [-0.3, -0.25) is 4.79 Å². The number of benzene rings is 1. The summed E-state index contributed by atoms with van der Waals surface area (Å²) in [5.74, 6) is 0.751. The molecule has 2 bridgehead atoms. The summed E-state index contributed by atoms with van der Waals surface area (Å²) in [5.41, 5.74) is 2.20. The van der Waals surface area contributed by atoms with E-state index in [1.54, 1.807) is 0 Å². The molecule has 4 rings (SSSR count). The van der Waals surface area contributed by atoms with Gasteiger partial charge in [-0.05, 0) is 55.7 Å². The quantitative estimate of drug-likeness (QED) is 0.851. The second-order valence-corrected chi connectivity index (χ2v) is 7.41. The minimum absolute atomic E-state index is 0.196. The number of carbonyl (C=O) groups excluding carboxylic acids is 1. The molecule has 2 unspecified atom stereocenters. The second kappa shape index (κ2) is 7.40. The van der Waals surface area contributed by atoms with Crippen LogP contribution in [0.3, 0.4) is 0 Å². The van der Waals surface area contributed by atoms with E-state index < -0.39 is 0 Å². The minimum Gasteiger partial charge on any atom is -0.356 e. The Kier molecular flexibility index (Phi) is 4.83. The van der Waals surface area contributed by atoms with E-state index in [1.165, 1.54) is 12.8 Å². The molecule has 2 N–H and O–H groups in total. The number of nitrogens with one attached hydrogen (secondary N) is 2. The van der Waals surface area contributed by atoms with Crippen LogP contribution in [0.5, 0.6) is 0 Å². The van der Waals surface area contributed by atoms with Crippen LogP contribution >= 0.6 is 0 Å². The zero-order chi connectivity index (χ0) is 17.1. The highest BCUT2D eigenvalue weighted by Gasteiger charge is 2.34. The zero-order valence-corrected chi connectivity index (χ0v) is 14.5. The third-order valence-corrected chi connectivity index (χ3v) is 5.44. The largest absolute Gasteiger partial charge is 0.356 e. The summed E-state index contributed by atoms with van der Waals surface area (Å²) >= 11 is 0. The van der Waals surface area contributed by atoms with Crippen LogP contribution in [0, 0.1) is 5.92 Å². The Morgan fingerprint density at radius 3 is 2.72 bits per heavy atom. The first-order valence-electron chi connectivity index (χ1n) is 9.38. The van der Waals surface area contributed by atoms with E-state index in [0.717, 1.165) is 30.5 Å². The monoisotopic (exact) mass is 338 g/mol. The van der Waals surface area contributed by atoms with Crippen molar-refractivity contribution in [2.75, 3.05) is 6.54 Å². The van der Waals surface area contributed by atoms with Crippen molar-refractivity contribution in [2.24, 2.45) is 5.92 Å². The van der Waals surface area contributed by atoms with E-state index in [4.69, 9.17) is 0 Å². The maximum atomic E-state index is 12.2. The number of hydrogen-bond donors (Lipinski definition) is 2. The first-order valence-corrected chi connectivity index (χ1v) is 9.38. The molecular formula is C20H26N4O. The lowest BCUT2D eigenvalue weighted by Crippen LogP contribution is -2.39. The highest BCUT2D eigenvalue weighted by atomic mass is 16.1. The molecule has 1 amide bonds. The topological polar surface area (TPSA) is 59.0 Å². The SMILES string of the molecule is O=C(CC1CC2CCC(C1)N2)NCCc1cnn(-c2ccccc2)c1. The Morgan fingerprint density at radius 1 is 1.20 bits per heavy atom. The first-order chi connectivity index (χ1) is 12.3. The van der Waals surface area contributed by atoms with Gasteiger partial charge in [-0.1, -0.05) is 18.2 Å². The predicted octanol–water partition coefficient (Wildman–Crippen LogP) is 2.45. The van der Waals surface area contributed by atoms with E-state index in [-0.39, 0.29) is 5.91 Å². The molecule has 5 heteroatoms. The maximum absolute atomic E-state index is 12.2. The van der Waals surface area contributed by atoms with Gasteiger partial charge < -0.3 is 10.6 Å². The standard InChI is InChI=1S/C20H26N4O/c25-20(12-16-10-17-6-7-18(11-16)23-17)21-9-8-15-13-22-24(14-15)19-4-2-1-3-5-19/h1-5,13-14,16-18,23H,6-12H2,(H,21,25). The van der Waals surface area contributed by atoms with Gasteiger partial charge >= 0.3 is 0 Å². The van der Waals surface area contributed by atoms with Crippen LogP contribution < -0.4 is 10.6 Å². The van der Waals surface area contributed by atoms with Crippen LogP contribution in [0.1, 0.15) is 37.7 Å². The molecule has 25 heavy (non-hydrogen) atoms. The molecule has 2 aliphatic heterocycles. The summed E-state index contributed by atoms with van der Waals surface area (Å²) in [4.78, 5) is 12.2. The molecule has 0 radical (unpaired) electrons. The summed E-state index contributed by atoms with van der Waals surface area (Å²) < 4.78 is 1.88. The fourth-order valence-corrected chi connectivity index (χ4v) is 4.23. The van der Waals surface area contributed by atoms with Gasteiger partial charge in [-0.2, -0.15) is 5.10 Å². The lowest BCUT2D eigenvalue weighted by atomic mass is 9.89. The molecular weight excluding hydrogens is 312 g/mol. The fourth-order valence-electron chi connectivity index (χ4n) is 4.23. The van der Waals surface area contributed by atoms with E-state index in [0.29, 0.717) is 31.0 Å². The van der Waals surface area contributed by atoms with Gasteiger partial charge in [-0.25, -0.2) is 4.68 Å². The van der Waals surface area contributed by atoms with Crippen molar-refractivity contribution in [3.05, 3.63) is 48.3 Å². The van der Waals surface area contributed by atoms with Gasteiger partial charge in [0, 0.05) is 31.2 Å². The smallest absolute Gasteiger partial charge is 0.220 e. The molecule has 5 nitrogen and oxygen atoms in total. The van der Waals surface area contributed by atoms with Crippen LogP contribution in [0.2, 0.25) is 0 Å². The van der Waals surface area contributed by atoms with Crippen molar-refractivity contribution in [3.63, 3.8) is 0 Å². The lowest BCUT2D eigenvalue weighted by Gasteiger charge is -2.28. The third-order valence-electron chi connectivity index (χ3n) is 5.44. The second-order valence-electron chi connectivity index (χ2n) is 7.41. The van der Waals surface area contributed by atoms with Gasteiger partial charge in [0.1, 0.15) is 0 Å².